The molecule has 0 aliphatic heterocycles. The summed E-state index contributed by atoms with van der Waals surface area (Å²) in [5.74, 6) is -1.75. The van der Waals surface area contributed by atoms with Gasteiger partial charge in [0.2, 0.25) is 0 Å². The molecule has 0 saturated carbocycles. The zero-order valence-electron chi connectivity index (χ0n) is 17.8. The second-order valence-corrected chi connectivity index (χ2v) is 8.45. The van der Waals surface area contributed by atoms with Crippen LogP contribution in [0.5, 0.6) is 0 Å². The number of ether oxygens (including phenoxy) is 2. The summed E-state index contributed by atoms with van der Waals surface area (Å²) in [6, 6.07) is 3.09. The largest absolute Gasteiger partial charge is 0.460 e. The number of hydrogen-bond donors (Lipinski definition) is 2. The van der Waals surface area contributed by atoms with Gasteiger partial charge in [-0.25, -0.2) is 4.79 Å². The van der Waals surface area contributed by atoms with Gasteiger partial charge in [-0.2, -0.15) is 0 Å². The molecule has 1 heterocycles. The van der Waals surface area contributed by atoms with Crippen LogP contribution in [0, 0.1) is 5.41 Å². The molecular formula is C20H32N3O6+. The maximum absolute atomic E-state index is 12.6. The predicted molar refractivity (Wildman–Crippen MR) is 106 cm³/mol. The molecule has 1 amide bonds. The number of aliphatic hydroxyl groups is 1. The van der Waals surface area contributed by atoms with Gasteiger partial charge in [0.25, 0.3) is 5.91 Å². The Balaban J connectivity index is 2.60. The number of amides is 1. The summed E-state index contributed by atoms with van der Waals surface area (Å²) >= 11 is 0. The van der Waals surface area contributed by atoms with E-state index >= 15 is 0 Å². The molecule has 2 N–H and O–H groups in total. The molecule has 1 aromatic heterocycles. The fourth-order valence-corrected chi connectivity index (χ4v) is 2.20. The van der Waals surface area contributed by atoms with Crippen molar-refractivity contribution in [1.29, 1.82) is 0 Å². The van der Waals surface area contributed by atoms with Crippen molar-refractivity contribution < 1.29 is 33.4 Å². The molecule has 1 unspecified atom stereocenters. The number of nitrogens with one attached hydrogen (secondary N) is 1. The summed E-state index contributed by atoms with van der Waals surface area (Å²) in [7, 11) is 5.97. The second kappa shape index (κ2) is 10.9. The third-order valence-electron chi connectivity index (χ3n) is 4.13. The van der Waals surface area contributed by atoms with E-state index in [-0.39, 0.29) is 25.1 Å². The minimum atomic E-state index is -1.24. The van der Waals surface area contributed by atoms with Crippen LogP contribution in [-0.4, -0.2) is 86.0 Å². The van der Waals surface area contributed by atoms with E-state index in [1.807, 2.05) is 21.1 Å². The Labute approximate surface area is 171 Å². The summed E-state index contributed by atoms with van der Waals surface area (Å²) in [5.41, 5.74) is -0.826. The first-order chi connectivity index (χ1) is 13.5. The molecular weight excluding hydrogens is 378 g/mol. The average Bonchev–Trinajstić information content (AvgIpc) is 2.65. The predicted octanol–water partition coefficient (Wildman–Crippen LogP) is 0.381. The topological polar surface area (TPSA) is 115 Å². The van der Waals surface area contributed by atoms with E-state index in [0.29, 0.717) is 17.6 Å². The first-order valence-electron chi connectivity index (χ1n) is 9.42. The third-order valence-corrected chi connectivity index (χ3v) is 4.13. The Morgan fingerprint density at radius 2 is 1.97 bits per heavy atom. The zero-order chi connectivity index (χ0) is 22.1. The van der Waals surface area contributed by atoms with Gasteiger partial charge < -0.3 is 24.4 Å². The van der Waals surface area contributed by atoms with Gasteiger partial charge in [-0.15, -0.1) is 0 Å². The van der Waals surface area contributed by atoms with Crippen LogP contribution in [0.1, 0.15) is 30.6 Å². The number of pyridine rings is 1. The highest BCUT2D eigenvalue weighted by Crippen LogP contribution is 2.24. The van der Waals surface area contributed by atoms with Gasteiger partial charge in [0.1, 0.15) is 13.2 Å². The lowest BCUT2D eigenvalue weighted by molar-refractivity contribution is -0.870. The highest BCUT2D eigenvalue weighted by molar-refractivity contribution is 5.92. The van der Waals surface area contributed by atoms with E-state index in [9.17, 15) is 19.5 Å². The Morgan fingerprint density at radius 1 is 1.28 bits per heavy atom. The van der Waals surface area contributed by atoms with E-state index in [1.165, 1.54) is 18.5 Å². The van der Waals surface area contributed by atoms with Crippen LogP contribution >= 0.6 is 0 Å². The molecule has 0 bridgehead atoms. The molecule has 0 saturated heterocycles. The number of rotatable bonds is 11. The lowest BCUT2D eigenvalue weighted by atomic mass is 9.86. The fourth-order valence-electron chi connectivity index (χ4n) is 2.20. The molecule has 0 fully saturated rings. The molecule has 1 rings (SSSR count). The smallest absolute Gasteiger partial charge is 0.340 e. The van der Waals surface area contributed by atoms with Gasteiger partial charge in [-0.05, 0) is 12.1 Å². The summed E-state index contributed by atoms with van der Waals surface area (Å²) in [4.78, 5) is 40.5. The van der Waals surface area contributed by atoms with Crippen LogP contribution in [0.4, 0.5) is 0 Å². The number of carbonyl (C=O) groups excluding carboxylic acids is 3. The van der Waals surface area contributed by atoms with Crippen molar-refractivity contribution in [1.82, 2.24) is 10.3 Å². The van der Waals surface area contributed by atoms with E-state index in [0.717, 1.165) is 0 Å². The molecule has 9 nitrogen and oxygen atoms in total. The highest BCUT2D eigenvalue weighted by atomic mass is 16.6. The minimum Gasteiger partial charge on any atom is -0.460 e. The number of quaternary nitrogens is 1. The Bertz CT molecular complexity index is 685. The van der Waals surface area contributed by atoms with Crippen molar-refractivity contribution in [2.45, 2.75) is 26.4 Å². The van der Waals surface area contributed by atoms with E-state index in [1.54, 1.807) is 19.9 Å². The lowest BCUT2D eigenvalue weighted by Gasteiger charge is -2.30. The van der Waals surface area contributed by atoms with Gasteiger partial charge in [0.15, 0.2) is 6.10 Å². The molecule has 0 aliphatic rings. The van der Waals surface area contributed by atoms with E-state index in [2.05, 4.69) is 10.3 Å². The van der Waals surface area contributed by atoms with Crippen LogP contribution in [0.2, 0.25) is 0 Å². The highest BCUT2D eigenvalue weighted by Gasteiger charge is 2.38. The number of aliphatic hydroxyl groups excluding tert-OH is 1. The molecule has 1 aromatic rings. The quantitative estimate of drug-likeness (QED) is 0.400. The van der Waals surface area contributed by atoms with Crippen LogP contribution in [0.25, 0.3) is 0 Å². The van der Waals surface area contributed by atoms with Gasteiger partial charge >= 0.3 is 11.9 Å². The summed E-state index contributed by atoms with van der Waals surface area (Å²) in [6.07, 6.45) is 1.59. The lowest BCUT2D eigenvalue weighted by Crippen LogP contribution is -2.48. The molecule has 0 aromatic carbocycles. The van der Waals surface area contributed by atoms with Crippen LogP contribution in [0.15, 0.2) is 24.5 Å². The first kappa shape index (κ1) is 24.5. The number of carbonyl (C=O) groups is 3. The van der Waals surface area contributed by atoms with Crippen molar-refractivity contribution in [3.8, 4) is 0 Å². The normalized spacial score (nSPS) is 12.8. The second-order valence-electron chi connectivity index (χ2n) is 8.45. The fraction of sp³-hybridized carbons (Fsp3) is 0.600. The van der Waals surface area contributed by atoms with Crippen molar-refractivity contribution in [3.05, 3.63) is 30.1 Å². The van der Waals surface area contributed by atoms with Crippen molar-refractivity contribution in [2.24, 2.45) is 5.41 Å². The Morgan fingerprint density at radius 3 is 2.52 bits per heavy atom. The first-order valence-corrected chi connectivity index (χ1v) is 9.42. The van der Waals surface area contributed by atoms with Crippen molar-refractivity contribution in [3.63, 3.8) is 0 Å². The SMILES string of the molecule is CC(C)(CO)C(OC(=O)c1cccnc1)C(=O)NCCC(=O)OCC[N+](C)(C)C. The zero-order valence-corrected chi connectivity index (χ0v) is 17.8. The van der Waals surface area contributed by atoms with Gasteiger partial charge in [0.05, 0.1) is 39.7 Å². The van der Waals surface area contributed by atoms with Gasteiger partial charge in [-0.1, -0.05) is 13.8 Å². The van der Waals surface area contributed by atoms with Crippen LogP contribution in [-0.2, 0) is 19.1 Å². The molecule has 0 radical (unpaired) electrons. The molecule has 0 spiro atoms. The summed E-state index contributed by atoms with van der Waals surface area (Å²) < 4.78 is 11.1. The molecule has 29 heavy (non-hydrogen) atoms. The monoisotopic (exact) mass is 410 g/mol. The van der Waals surface area contributed by atoms with Gasteiger partial charge in [0, 0.05) is 24.4 Å². The number of esters is 2. The van der Waals surface area contributed by atoms with Crippen molar-refractivity contribution >= 4 is 17.8 Å². The summed E-state index contributed by atoms with van der Waals surface area (Å²) in [6.45, 7) is 3.83. The standard InChI is InChI=1S/C20H31N3O6/c1-20(2,14-24)17(29-19(27)15-7-6-9-21-13-15)18(26)22-10-8-16(25)28-12-11-23(3,4)5/h6-7,9,13,17,24H,8,10-12,14H2,1-5H3/p+1. The average molecular weight is 410 g/mol. The number of likely N-dealkylation sites (N-methyl/N-ethyl adjacent to an activating group) is 1. The Kier molecular flexibility index (Phi) is 9.19. The van der Waals surface area contributed by atoms with Crippen LogP contribution in [0.3, 0.4) is 0 Å². The number of nitrogens with zero attached hydrogens (tertiary/aromatic N) is 2. The minimum absolute atomic E-state index is 0.00823. The molecule has 1 atom stereocenters. The van der Waals surface area contributed by atoms with E-state index in [4.69, 9.17) is 9.47 Å². The Hall–Kier alpha value is -2.52. The maximum Gasteiger partial charge on any atom is 0.340 e. The van der Waals surface area contributed by atoms with Crippen LogP contribution < -0.4 is 5.32 Å². The number of hydrogen-bond acceptors (Lipinski definition) is 7. The van der Waals surface area contributed by atoms with Crippen molar-refractivity contribution in [2.75, 3.05) is 47.4 Å². The molecule has 9 heteroatoms. The summed E-state index contributed by atoms with van der Waals surface area (Å²) in [5, 5.41) is 12.2. The maximum atomic E-state index is 12.6. The molecule has 162 valence electrons. The molecule has 0 aliphatic carbocycles. The third kappa shape index (κ3) is 9.01. The van der Waals surface area contributed by atoms with E-state index < -0.39 is 29.4 Å². The van der Waals surface area contributed by atoms with Gasteiger partial charge in [-0.3, -0.25) is 14.6 Å². The number of aromatic nitrogens is 1.